The maximum absolute atomic E-state index is 11.4. The molecule has 0 N–H and O–H groups in total. The number of hydrogen-bond acceptors (Lipinski definition) is 3. The summed E-state index contributed by atoms with van der Waals surface area (Å²) in [5, 5.41) is 0. The van der Waals surface area contributed by atoms with E-state index >= 15 is 0 Å². The Bertz CT molecular complexity index is 363. The summed E-state index contributed by atoms with van der Waals surface area (Å²) in [4.78, 5) is 11.4. The highest BCUT2D eigenvalue weighted by molar-refractivity contribution is 5.89. The first-order valence-corrected chi connectivity index (χ1v) is 4.66. The summed E-state index contributed by atoms with van der Waals surface area (Å²) in [7, 11) is 1.59. The molecule has 0 radical (unpaired) electrons. The van der Waals surface area contributed by atoms with Crippen LogP contribution in [0.1, 0.15) is 13.8 Å². The van der Waals surface area contributed by atoms with Crippen LogP contribution in [0.2, 0.25) is 0 Å². The van der Waals surface area contributed by atoms with Gasteiger partial charge in [-0.05, 0) is 38.1 Å². The molecule has 0 fully saturated rings. The molecular formula is C12H14O3. The average molecular weight is 206 g/mol. The number of ether oxygens (including phenoxy) is 2. The maximum atomic E-state index is 11.4. The first-order chi connectivity index (χ1) is 7.17. The van der Waals surface area contributed by atoms with E-state index in [2.05, 4.69) is 0 Å². The van der Waals surface area contributed by atoms with E-state index < -0.39 is 0 Å². The van der Waals surface area contributed by atoms with Crippen LogP contribution >= 0.6 is 0 Å². The van der Waals surface area contributed by atoms with Gasteiger partial charge in [0.15, 0.2) is 0 Å². The number of benzene rings is 1. The van der Waals surface area contributed by atoms with Crippen molar-refractivity contribution < 1.29 is 14.3 Å². The van der Waals surface area contributed by atoms with E-state index in [4.69, 9.17) is 9.47 Å². The summed E-state index contributed by atoms with van der Waals surface area (Å²) < 4.78 is 10.1. The van der Waals surface area contributed by atoms with Crippen molar-refractivity contribution in [2.45, 2.75) is 13.8 Å². The molecule has 0 amide bonds. The van der Waals surface area contributed by atoms with Crippen molar-refractivity contribution in [2.75, 3.05) is 7.11 Å². The molecule has 3 nitrogen and oxygen atoms in total. The van der Waals surface area contributed by atoms with Gasteiger partial charge in [-0.1, -0.05) is 6.08 Å². The van der Waals surface area contributed by atoms with Crippen LogP contribution in [0.4, 0.5) is 0 Å². The molecule has 0 unspecified atom stereocenters. The fourth-order valence-electron chi connectivity index (χ4n) is 0.949. The molecule has 0 saturated heterocycles. The molecule has 0 spiro atoms. The molecule has 0 saturated carbocycles. The van der Waals surface area contributed by atoms with Crippen molar-refractivity contribution in [3.63, 3.8) is 0 Å². The number of rotatable bonds is 3. The van der Waals surface area contributed by atoms with Crippen molar-refractivity contribution in [3.05, 3.63) is 35.9 Å². The van der Waals surface area contributed by atoms with E-state index in [0.29, 0.717) is 11.3 Å². The summed E-state index contributed by atoms with van der Waals surface area (Å²) in [6, 6.07) is 6.88. The van der Waals surface area contributed by atoms with Gasteiger partial charge in [0.05, 0.1) is 7.11 Å². The third kappa shape index (κ3) is 3.13. The summed E-state index contributed by atoms with van der Waals surface area (Å²) in [5.41, 5.74) is 0.589. The normalized spacial score (nSPS) is 11.0. The van der Waals surface area contributed by atoms with E-state index in [0.717, 1.165) is 5.75 Å². The fourth-order valence-corrected chi connectivity index (χ4v) is 0.949. The van der Waals surface area contributed by atoms with Crippen molar-refractivity contribution in [1.29, 1.82) is 0 Å². The molecule has 0 aliphatic heterocycles. The molecule has 15 heavy (non-hydrogen) atoms. The Kier molecular flexibility index (Phi) is 3.92. The summed E-state index contributed by atoms with van der Waals surface area (Å²) >= 11 is 0. The lowest BCUT2D eigenvalue weighted by Crippen LogP contribution is -2.08. The molecule has 0 aliphatic rings. The predicted octanol–water partition coefficient (Wildman–Crippen LogP) is 2.57. The number of carbonyl (C=O) groups is 1. The minimum Gasteiger partial charge on any atom is -0.497 e. The third-order valence-corrected chi connectivity index (χ3v) is 2.02. The Morgan fingerprint density at radius 1 is 1.20 bits per heavy atom. The van der Waals surface area contributed by atoms with Crippen LogP contribution in [0.15, 0.2) is 35.9 Å². The van der Waals surface area contributed by atoms with Gasteiger partial charge in [0.2, 0.25) is 0 Å². The van der Waals surface area contributed by atoms with Crippen molar-refractivity contribution in [3.8, 4) is 11.5 Å². The van der Waals surface area contributed by atoms with Crippen LogP contribution in [0, 0.1) is 0 Å². The van der Waals surface area contributed by atoms with Crippen molar-refractivity contribution >= 4 is 5.97 Å². The quantitative estimate of drug-likeness (QED) is 0.433. The Morgan fingerprint density at radius 2 is 1.73 bits per heavy atom. The van der Waals surface area contributed by atoms with Crippen molar-refractivity contribution in [1.82, 2.24) is 0 Å². The highest BCUT2D eigenvalue weighted by Crippen LogP contribution is 2.17. The van der Waals surface area contributed by atoms with Gasteiger partial charge in [0.1, 0.15) is 11.5 Å². The molecule has 0 aliphatic carbocycles. The Hall–Kier alpha value is -1.77. The van der Waals surface area contributed by atoms with E-state index in [1.807, 2.05) is 0 Å². The lowest BCUT2D eigenvalue weighted by Gasteiger charge is -2.04. The second kappa shape index (κ2) is 5.20. The predicted molar refractivity (Wildman–Crippen MR) is 58.1 cm³/mol. The maximum Gasteiger partial charge on any atom is 0.338 e. The molecule has 1 aromatic rings. The fraction of sp³-hybridized carbons (Fsp3) is 0.250. The summed E-state index contributed by atoms with van der Waals surface area (Å²) in [6.07, 6.45) is 1.71. The molecule has 80 valence electrons. The zero-order valence-corrected chi connectivity index (χ0v) is 9.11. The molecule has 0 bridgehead atoms. The van der Waals surface area contributed by atoms with Crippen LogP contribution in [0.3, 0.4) is 0 Å². The zero-order valence-electron chi connectivity index (χ0n) is 9.11. The van der Waals surface area contributed by atoms with Gasteiger partial charge in [0.25, 0.3) is 0 Å². The third-order valence-electron chi connectivity index (χ3n) is 2.02. The minimum atomic E-state index is -0.331. The number of hydrogen-bond donors (Lipinski definition) is 0. The van der Waals surface area contributed by atoms with Gasteiger partial charge in [0, 0.05) is 5.57 Å². The summed E-state index contributed by atoms with van der Waals surface area (Å²) in [6.45, 7) is 3.51. The number of methoxy groups -OCH3 is 1. The molecule has 0 aromatic heterocycles. The van der Waals surface area contributed by atoms with Crippen molar-refractivity contribution in [2.24, 2.45) is 0 Å². The molecule has 3 heteroatoms. The Morgan fingerprint density at radius 3 is 2.20 bits per heavy atom. The highest BCUT2D eigenvalue weighted by Gasteiger charge is 2.05. The average Bonchev–Trinajstić information content (AvgIpc) is 2.29. The van der Waals surface area contributed by atoms with Gasteiger partial charge in [-0.15, -0.1) is 0 Å². The van der Waals surface area contributed by atoms with Crippen LogP contribution in [-0.4, -0.2) is 13.1 Å². The lowest BCUT2D eigenvalue weighted by molar-refractivity contribution is -0.130. The Labute approximate surface area is 89.3 Å². The van der Waals surface area contributed by atoms with Crippen LogP contribution in [0.25, 0.3) is 0 Å². The van der Waals surface area contributed by atoms with Gasteiger partial charge < -0.3 is 9.47 Å². The number of esters is 1. The first-order valence-electron chi connectivity index (χ1n) is 4.66. The van der Waals surface area contributed by atoms with E-state index in [1.165, 1.54) is 0 Å². The molecule has 1 rings (SSSR count). The number of carbonyl (C=O) groups excluding carboxylic acids is 1. The monoisotopic (exact) mass is 206 g/mol. The second-order valence-corrected chi connectivity index (χ2v) is 3.04. The first kappa shape index (κ1) is 11.3. The lowest BCUT2D eigenvalue weighted by atomic mass is 10.3. The van der Waals surface area contributed by atoms with Gasteiger partial charge in [-0.3, -0.25) is 0 Å². The Balaban J connectivity index is 2.69. The largest absolute Gasteiger partial charge is 0.497 e. The van der Waals surface area contributed by atoms with E-state index in [1.54, 1.807) is 51.3 Å². The number of allylic oxidation sites excluding steroid dienone is 1. The van der Waals surface area contributed by atoms with E-state index in [-0.39, 0.29) is 5.97 Å². The van der Waals surface area contributed by atoms with Gasteiger partial charge in [-0.25, -0.2) is 4.79 Å². The smallest absolute Gasteiger partial charge is 0.338 e. The summed E-state index contributed by atoms with van der Waals surface area (Å²) in [5.74, 6) is 0.919. The molecule has 0 atom stereocenters. The van der Waals surface area contributed by atoms with Crippen LogP contribution in [0.5, 0.6) is 11.5 Å². The van der Waals surface area contributed by atoms with E-state index in [9.17, 15) is 4.79 Å². The molecular weight excluding hydrogens is 192 g/mol. The van der Waals surface area contributed by atoms with Gasteiger partial charge >= 0.3 is 5.97 Å². The standard InChI is InChI=1S/C12H14O3/c1-4-9(2)12(13)15-11-7-5-10(14-3)6-8-11/h4-8H,1-3H3. The second-order valence-electron chi connectivity index (χ2n) is 3.04. The van der Waals surface area contributed by atoms with Crippen LogP contribution < -0.4 is 9.47 Å². The zero-order chi connectivity index (χ0) is 11.3. The SMILES string of the molecule is CC=C(C)C(=O)Oc1ccc(OC)cc1. The minimum absolute atomic E-state index is 0.331. The van der Waals surface area contributed by atoms with Crippen LogP contribution in [-0.2, 0) is 4.79 Å². The molecule has 1 aromatic carbocycles. The highest BCUT2D eigenvalue weighted by atomic mass is 16.5. The van der Waals surface area contributed by atoms with Gasteiger partial charge in [-0.2, -0.15) is 0 Å². The topological polar surface area (TPSA) is 35.5 Å². The molecule has 0 heterocycles.